The summed E-state index contributed by atoms with van der Waals surface area (Å²) in [5.74, 6) is 0.134. The Balaban J connectivity index is 2.11. The van der Waals surface area contributed by atoms with Gasteiger partial charge in [-0.25, -0.2) is 0 Å². The van der Waals surface area contributed by atoms with Crippen LogP contribution in [0.25, 0.3) is 0 Å². The van der Waals surface area contributed by atoms with Crippen LogP contribution >= 0.6 is 0 Å². The molecule has 2 aromatic carbocycles. The van der Waals surface area contributed by atoms with Gasteiger partial charge in [-0.05, 0) is 28.7 Å². The lowest BCUT2D eigenvalue weighted by atomic mass is 9.86. The zero-order valence-corrected chi connectivity index (χ0v) is 12.3. The van der Waals surface area contributed by atoms with Gasteiger partial charge >= 0.3 is 0 Å². The SMILES string of the molecule is CC(C)(C)c1ccc(C(=O)Cc2ccc(N)cc2)cc1. The van der Waals surface area contributed by atoms with E-state index in [1.807, 2.05) is 48.5 Å². The van der Waals surface area contributed by atoms with E-state index in [9.17, 15) is 4.79 Å². The average Bonchev–Trinajstić information content (AvgIpc) is 2.40. The van der Waals surface area contributed by atoms with Crippen LogP contribution < -0.4 is 5.73 Å². The average molecular weight is 267 g/mol. The van der Waals surface area contributed by atoms with Crippen molar-refractivity contribution in [2.75, 3.05) is 5.73 Å². The van der Waals surface area contributed by atoms with E-state index in [2.05, 4.69) is 20.8 Å². The molecule has 0 radical (unpaired) electrons. The molecule has 0 unspecified atom stereocenters. The maximum atomic E-state index is 12.2. The number of rotatable bonds is 3. The Labute approximate surface area is 120 Å². The molecule has 20 heavy (non-hydrogen) atoms. The van der Waals surface area contributed by atoms with Gasteiger partial charge in [0.05, 0.1) is 0 Å². The summed E-state index contributed by atoms with van der Waals surface area (Å²) in [5.41, 5.74) is 9.46. The quantitative estimate of drug-likeness (QED) is 0.675. The predicted molar refractivity (Wildman–Crippen MR) is 84.0 cm³/mol. The molecule has 0 aliphatic carbocycles. The second-order valence-electron chi connectivity index (χ2n) is 6.17. The van der Waals surface area contributed by atoms with Crippen molar-refractivity contribution in [2.24, 2.45) is 0 Å². The van der Waals surface area contributed by atoms with Gasteiger partial charge in [-0.15, -0.1) is 0 Å². The minimum Gasteiger partial charge on any atom is -0.399 e. The van der Waals surface area contributed by atoms with E-state index in [1.165, 1.54) is 5.56 Å². The van der Waals surface area contributed by atoms with Crippen LogP contribution in [-0.2, 0) is 11.8 Å². The summed E-state index contributed by atoms with van der Waals surface area (Å²) in [6.07, 6.45) is 0.412. The van der Waals surface area contributed by atoms with Crippen molar-refractivity contribution >= 4 is 11.5 Å². The molecule has 0 amide bonds. The normalized spacial score (nSPS) is 11.3. The molecule has 2 nitrogen and oxygen atoms in total. The Hall–Kier alpha value is -2.09. The molecule has 2 heteroatoms. The van der Waals surface area contributed by atoms with Gasteiger partial charge in [-0.2, -0.15) is 0 Å². The Kier molecular flexibility index (Phi) is 3.93. The van der Waals surface area contributed by atoms with Gasteiger partial charge in [0, 0.05) is 17.7 Å². The summed E-state index contributed by atoms with van der Waals surface area (Å²) in [7, 11) is 0. The van der Waals surface area contributed by atoms with Crippen LogP contribution in [0.4, 0.5) is 5.69 Å². The minimum absolute atomic E-state index is 0.110. The molecule has 2 N–H and O–H groups in total. The highest BCUT2D eigenvalue weighted by atomic mass is 16.1. The Morgan fingerprint density at radius 2 is 1.50 bits per heavy atom. The van der Waals surface area contributed by atoms with Crippen molar-refractivity contribution in [1.29, 1.82) is 0 Å². The maximum absolute atomic E-state index is 12.2. The molecule has 104 valence electrons. The molecule has 0 fully saturated rings. The summed E-state index contributed by atoms with van der Waals surface area (Å²) in [6.45, 7) is 6.49. The van der Waals surface area contributed by atoms with Crippen LogP contribution in [0.3, 0.4) is 0 Å². The molecule has 0 spiro atoms. The highest BCUT2D eigenvalue weighted by molar-refractivity contribution is 5.97. The van der Waals surface area contributed by atoms with E-state index in [0.29, 0.717) is 6.42 Å². The second kappa shape index (κ2) is 5.49. The number of nitrogen functional groups attached to an aromatic ring is 1. The zero-order chi connectivity index (χ0) is 14.8. The topological polar surface area (TPSA) is 43.1 Å². The van der Waals surface area contributed by atoms with Gasteiger partial charge in [-0.1, -0.05) is 57.2 Å². The maximum Gasteiger partial charge on any atom is 0.167 e. The molecule has 0 heterocycles. The van der Waals surface area contributed by atoms with E-state index < -0.39 is 0 Å². The van der Waals surface area contributed by atoms with Gasteiger partial charge in [0.2, 0.25) is 0 Å². The molecule has 2 rings (SSSR count). The highest BCUT2D eigenvalue weighted by Crippen LogP contribution is 2.22. The molecular weight excluding hydrogens is 246 g/mol. The first-order chi connectivity index (χ1) is 9.36. The number of Topliss-reactive ketones (excluding diaryl/α,β-unsaturated/α-hetero) is 1. The Morgan fingerprint density at radius 3 is 2.00 bits per heavy atom. The van der Waals surface area contributed by atoms with Crippen LogP contribution in [0.5, 0.6) is 0 Å². The summed E-state index contributed by atoms with van der Waals surface area (Å²) in [4.78, 5) is 12.2. The molecular formula is C18H21NO. The number of hydrogen-bond acceptors (Lipinski definition) is 2. The third kappa shape index (κ3) is 3.47. The van der Waals surface area contributed by atoms with E-state index in [0.717, 1.165) is 16.8 Å². The van der Waals surface area contributed by atoms with Crippen LogP contribution in [0.1, 0.15) is 42.3 Å². The molecule has 0 saturated carbocycles. The lowest BCUT2D eigenvalue weighted by Crippen LogP contribution is -2.11. The van der Waals surface area contributed by atoms with Crippen LogP contribution in [0, 0.1) is 0 Å². The lowest BCUT2D eigenvalue weighted by Gasteiger charge is -2.19. The first-order valence-electron chi connectivity index (χ1n) is 6.84. The van der Waals surface area contributed by atoms with E-state index in [1.54, 1.807) is 0 Å². The van der Waals surface area contributed by atoms with Gasteiger partial charge < -0.3 is 5.73 Å². The number of carbonyl (C=O) groups is 1. The van der Waals surface area contributed by atoms with Gasteiger partial charge in [-0.3, -0.25) is 4.79 Å². The van der Waals surface area contributed by atoms with Crippen molar-refractivity contribution in [3.8, 4) is 0 Å². The van der Waals surface area contributed by atoms with E-state index >= 15 is 0 Å². The minimum atomic E-state index is 0.110. The van der Waals surface area contributed by atoms with Gasteiger partial charge in [0.25, 0.3) is 0 Å². The number of benzene rings is 2. The molecule has 0 atom stereocenters. The summed E-state index contributed by atoms with van der Waals surface area (Å²) < 4.78 is 0. The number of ketones is 1. The second-order valence-corrected chi connectivity index (χ2v) is 6.17. The summed E-state index contributed by atoms with van der Waals surface area (Å²) in [6, 6.07) is 15.4. The molecule has 0 aliphatic heterocycles. The molecule has 2 aromatic rings. The molecule has 0 aliphatic rings. The van der Waals surface area contributed by atoms with E-state index in [4.69, 9.17) is 5.73 Å². The Bertz CT molecular complexity index is 589. The lowest BCUT2D eigenvalue weighted by molar-refractivity contribution is 0.0993. The Morgan fingerprint density at radius 1 is 0.950 bits per heavy atom. The number of anilines is 1. The van der Waals surface area contributed by atoms with Crippen LogP contribution in [0.2, 0.25) is 0 Å². The fourth-order valence-electron chi connectivity index (χ4n) is 2.08. The molecule has 0 bridgehead atoms. The van der Waals surface area contributed by atoms with Crippen LogP contribution in [-0.4, -0.2) is 5.78 Å². The van der Waals surface area contributed by atoms with E-state index in [-0.39, 0.29) is 11.2 Å². The largest absolute Gasteiger partial charge is 0.399 e. The zero-order valence-electron chi connectivity index (χ0n) is 12.3. The molecule has 0 aromatic heterocycles. The van der Waals surface area contributed by atoms with Crippen molar-refractivity contribution < 1.29 is 4.79 Å². The summed E-state index contributed by atoms with van der Waals surface area (Å²) in [5, 5.41) is 0. The van der Waals surface area contributed by atoms with Crippen molar-refractivity contribution in [3.63, 3.8) is 0 Å². The van der Waals surface area contributed by atoms with Crippen LogP contribution in [0.15, 0.2) is 48.5 Å². The van der Waals surface area contributed by atoms with Gasteiger partial charge in [0.15, 0.2) is 5.78 Å². The summed E-state index contributed by atoms with van der Waals surface area (Å²) >= 11 is 0. The molecule has 0 saturated heterocycles. The number of nitrogens with two attached hydrogens (primary N) is 1. The third-order valence-corrected chi connectivity index (χ3v) is 3.42. The third-order valence-electron chi connectivity index (χ3n) is 3.42. The van der Waals surface area contributed by atoms with Crippen molar-refractivity contribution in [3.05, 3.63) is 65.2 Å². The standard InChI is InChI=1S/C18H21NO/c1-18(2,3)15-8-6-14(7-9-15)17(20)12-13-4-10-16(19)11-5-13/h4-11H,12,19H2,1-3H3. The fraction of sp³-hybridized carbons (Fsp3) is 0.278. The van der Waals surface area contributed by atoms with Crippen molar-refractivity contribution in [1.82, 2.24) is 0 Å². The fourth-order valence-corrected chi connectivity index (χ4v) is 2.08. The smallest absolute Gasteiger partial charge is 0.167 e. The first kappa shape index (κ1) is 14.3. The number of hydrogen-bond donors (Lipinski definition) is 1. The first-order valence-corrected chi connectivity index (χ1v) is 6.84. The van der Waals surface area contributed by atoms with Crippen molar-refractivity contribution in [2.45, 2.75) is 32.6 Å². The van der Waals surface area contributed by atoms with Gasteiger partial charge in [0.1, 0.15) is 0 Å². The predicted octanol–water partition coefficient (Wildman–Crippen LogP) is 3.99. The monoisotopic (exact) mass is 267 g/mol. The number of carbonyl (C=O) groups excluding carboxylic acids is 1. The highest BCUT2D eigenvalue weighted by Gasteiger charge is 2.14.